The first kappa shape index (κ1) is 10.6. The standard InChI is InChI=1S/C12H9FN4O/c1-7-10-11(14-6-15-12(10)18-17-7)16-9-4-2-3-8(13)5-9/h2-6H,1H3,(H,14,15,16). The van der Waals surface area contributed by atoms with Gasteiger partial charge in [-0.25, -0.2) is 9.37 Å². The highest BCUT2D eigenvalue weighted by Crippen LogP contribution is 2.25. The molecule has 0 saturated heterocycles. The van der Waals surface area contributed by atoms with Gasteiger partial charge >= 0.3 is 0 Å². The number of hydrogen-bond donors (Lipinski definition) is 1. The van der Waals surface area contributed by atoms with Gasteiger partial charge in [0.15, 0.2) is 0 Å². The quantitative estimate of drug-likeness (QED) is 0.750. The van der Waals surface area contributed by atoms with Crippen LogP contribution in [0.25, 0.3) is 11.1 Å². The molecular formula is C12H9FN4O. The summed E-state index contributed by atoms with van der Waals surface area (Å²) in [5.74, 6) is 0.233. The molecule has 3 aromatic rings. The SMILES string of the molecule is Cc1noc2ncnc(Nc3cccc(F)c3)c12. The van der Waals surface area contributed by atoms with Gasteiger partial charge in [-0.3, -0.25) is 0 Å². The number of nitrogens with zero attached hydrogens (tertiary/aromatic N) is 3. The minimum absolute atomic E-state index is 0.313. The molecule has 0 fully saturated rings. The van der Waals surface area contributed by atoms with Gasteiger partial charge in [-0.2, -0.15) is 4.98 Å². The lowest BCUT2D eigenvalue weighted by Gasteiger charge is -2.05. The van der Waals surface area contributed by atoms with E-state index in [-0.39, 0.29) is 5.82 Å². The largest absolute Gasteiger partial charge is 0.339 e. The zero-order valence-corrected chi connectivity index (χ0v) is 9.51. The smallest absolute Gasteiger partial charge is 0.263 e. The predicted octanol–water partition coefficient (Wildman–Crippen LogP) is 2.81. The second kappa shape index (κ2) is 4.06. The van der Waals surface area contributed by atoms with Crippen LogP contribution in [-0.2, 0) is 0 Å². The van der Waals surface area contributed by atoms with E-state index in [0.29, 0.717) is 28.3 Å². The van der Waals surface area contributed by atoms with Gasteiger partial charge in [-0.05, 0) is 25.1 Å². The molecule has 0 saturated carbocycles. The summed E-state index contributed by atoms with van der Waals surface area (Å²) < 4.78 is 18.1. The van der Waals surface area contributed by atoms with E-state index < -0.39 is 0 Å². The van der Waals surface area contributed by atoms with E-state index in [2.05, 4.69) is 20.4 Å². The van der Waals surface area contributed by atoms with E-state index in [9.17, 15) is 4.39 Å². The van der Waals surface area contributed by atoms with Crippen LogP contribution in [0, 0.1) is 12.7 Å². The molecule has 3 rings (SSSR count). The summed E-state index contributed by atoms with van der Waals surface area (Å²) in [6.07, 6.45) is 1.37. The van der Waals surface area contributed by atoms with Crippen molar-refractivity contribution in [3.05, 3.63) is 42.1 Å². The van der Waals surface area contributed by atoms with E-state index in [1.807, 2.05) is 0 Å². The molecule has 6 heteroatoms. The zero-order chi connectivity index (χ0) is 12.5. The highest BCUT2D eigenvalue weighted by atomic mass is 19.1. The number of nitrogens with one attached hydrogen (secondary N) is 1. The molecule has 2 heterocycles. The number of hydrogen-bond acceptors (Lipinski definition) is 5. The fraction of sp³-hybridized carbons (Fsp3) is 0.0833. The monoisotopic (exact) mass is 244 g/mol. The number of aromatic nitrogens is 3. The van der Waals surface area contributed by atoms with Gasteiger partial charge in [0, 0.05) is 5.69 Å². The maximum Gasteiger partial charge on any atom is 0.263 e. The average molecular weight is 244 g/mol. The van der Waals surface area contributed by atoms with Gasteiger partial charge in [0.2, 0.25) is 0 Å². The lowest BCUT2D eigenvalue weighted by molar-refractivity contribution is 0.442. The Morgan fingerprint density at radius 3 is 3.00 bits per heavy atom. The molecule has 90 valence electrons. The Morgan fingerprint density at radius 2 is 2.17 bits per heavy atom. The Balaban J connectivity index is 2.07. The maximum absolute atomic E-state index is 13.1. The van der Waals surface area contributed by atoms with E-state index in [1.165, 1.54) is 18.5 Å². The van der Waals surface area contributed by atoms with Gasteiger partial charge in [-0.1, -0.05) is 11.2 Å². The molecule has 0 aliphatic carbocycles. The number of aryl methyl sites for hydroxylation is 1. The van der Waals surface area contributed by atoms with Crippen molar-refractivity contribution in [2.45, 2.75) is 6.92 Å². The molecule has 0 unspecified atom stereocenters. The third-order valence-corrected chi connectivity index (χ3v) is 2.53. The summed E-state index contributed by atoms with van der Waals surface area (Å²) in [4.78, 5) is 8.09. The van der Waals surface area contributed by atoms with Crippen LogP contribution >= 0.6 is 0 Å². The zero-order valence-electron chi connectivity index (χ0n) is 9.51. The molecule has 0 atom stereocenters. The van der Waals surface area contributed by atoms with E-state index in [4.69, 9.17) is 4.52 Å². The van der Waals surface area contributed by atoms with E-state index in [0.717, 1.165) is 0 Å². The summed E-state index contributed by atoms with van der Waals surface area (Å²) >= 11 is 0. The second-order valence-electron chi connectivity index (χ2n) is 3.81. The first-order chi connectivity index (χ1) is 8.74. The van der Waals surface area contributed by atoms with Crippen molar-refractivity contribution in [1.82, 2.24) is 15.1 Å². The molecule has 0 spiro atoms. The molecule has 1 aromatic carbocycles. The van der Waals surface area contributed by atoms with Gasteiger partial charge in [0.25, 0.3) is 5.71 Å². The molecule has 18 heavy (non-hydrogen) atoms. The molecule has 5 nitrogen and oxygen atoms in total. The van der Waals surface area contributed by atoms with Gasteiger partial charge < -0.3 is 9.84 Å². The number of rotatable bonds is 2. The van der Waals surface area contributed by atoms with Crippen molar-refractivity contribution >= 4 is 22.6 Å². The summed E-state index contributed by atoms with van der Waals surface area (Å²) in [6, 6.07) is 6.14. The minimum atomic E-state index is -0.313. The first-order valence-electron chi connectivity index (χ1n) is 5.33. The van der Waals surface area contributed by atoms with Crippen LogP contribution in [0.4, 0.5) is 15.9 Å². The normalized spacial score (nSPS) is 10.8. The van der Waals surface area contributed by atoms with Crippen LogP contribution in [0.15, 0.2) is 35.1 Å². The van der Waals surface area contributed by atoms with Crippen molar-refractivity contribution in [1.29, 1.82) is 0 Å². The van der Waals surface area contributed by atoms with Gasteiger partial charge in [-0.15, -0.1) is 0 Å². The molecular weight excluding hydrogens is 235 g/mol. The summed E-state index contributed by atoms with van der Waals surface area (Å²) in [7, 11) is 0. The fourth-order valence-corrected chi connectivity index (χ4v) is 1.72. The van der Waals surface area contributed by atoms with Gasteiger partial charge in [0.1, 0.15) is 23.3 Å². The minimum Gasteiger partial charge on any atom is -0.339 e. The van der Waals surface area contributed by atoms with Crippen LogP contribution in [0.3, 0.4) is 0 Å². The number of benzene rings is 1. The summed E-state index contributed by atoms with van der Waals surface area (Å²) in [5, 5.41) is 7.54. The Bertz CT molecular complexity index is 710. The fourth-order valence-electron chi connectivity index (χ4n) is 1.72. The second-order valence-corrected chi connectivity index (χ2v) is 3.81. The highest BCUT2D eigenvalue weighted by molar-refractivity contribution is 5.89. The molecule has 0 bridgehead atoms. The van der Waals surface area contributed by atoms with Crippen LogP contribution in [-0.4, -0.2) is 15.1 Å². The Kier molecular flexibility index (Phi) is 2.40. The highest BCUT2D eigenvalue weighted by Gasteiger charge is 2.11. The summed E-state index contributed by atoms with van der Waals surface area (Å²) in [5.41, 5.74) is 1.70. The van der Waals surface area contributed by atoms with Crippen molar-refractivity contribution < 1.29 is 8.91 Å². The van der Waals surface area contributed by atoms with Gasteiger partial charge in [0.05, 0.1) is 5.69 Å². The number of anilines is 2. The van der Waals surface area contributed by atoms with Crippen LogP contribution < -0.4 is 5.32 Å². The molecule has 0 aliphatic rings. The van der Waals surface area contributed by atoms with E-state index in [1.54, 1.807) is 19.1 Å². The molecule has 0 amide bonds. The topological polar surface area (TPSA) is 63.8 Å². The van der Waals surface area contributed by atoms with Crippen molar-refractivity contribution in [3.8, 4) is 0 Å². The third kappa shape index (κ3) is 1.77. The first-order valence-corrected chi connectivity index (χ1v) is 5.33. The molecule has 1 N–H and O–H groups in total. The number of fused-ring (bicyclic) bond motifs is 1. The maximum atomic E-state index is 13.1. The third-order valence-electron chi connectivity index (χ3n) is 2.53. The van der Waals surface area contributed by atoms with Crippen LogP contribution in [0.2, 0.25) is 0 Å². The van der Waals surface area contributed by atoms with Crippen LogP contribution in [0.5, 0.6) is 0 Å². The predicted molar refractivity (Wildman–Crippen MR) is 64.0 cm³/mol. The Hall–Kier alpha value is -2.50. The van der Waals surface area contributed by atoms with Crippen LogP contribution in [0.1, 0.15) is 5.69 Å². The van der Waals surface area contributed by atoms with E-state index >= 15 is 0 Å². The van der Waals surface area contributed by atoms with Crippen molar-refractivity contribution in [3.63, 3.8) is 0 Å². The lowest BCUT2D eigenvalue weighted by atomic mass is 10.2. The molecule has 0 aliphatic heterocycles. The van der Waals surface area contributed by atoms with Crippen molar-refractivity contribution in [2.24, 2.45) is 0 Å². The Morgan fingerprint density at radius 1 is 1.28 bits per heavy atom. The molecule has 0 radical (unpaired) electrons. The van der Waals surface area contributed by atoms with Crippen molar-refractivity contribution in [2.75, 3.05) is 5.32 Å². The number of halogens is 1. The molecule has 2 aromatic heterocycles. The lowest BCUT2D eigenvalue weighted by Crippen LogP contribution is -1.95. The Labute approximate surface area is 102 Å². The average Bonchev–Trinajstić information content (AvgIpc) is 2.72. The summed E-state index contributed by atoms with van der Waals surface area (Å²) in [6.45, 7) is 1.80.